The first-order valence-corrected chi connectivity index (χ1v) is 8.79. The van der Waals surface area contributed by atoms with Crippen molar-refractivity contribution in [2.24, 2.45) is 5.41 Å². The van der Waals surface area contributed by atoms with Crippen LogP contribution in [0.4, 0.5) is 0 Å². The van der Waals surface area contributed by atoms with Crippen LogP contribution in [-0.2, 0) is 23.8 Å². The lowest BCUT2D eigenvalue weighted by molar-refractivity contribution is -0.0616. The minimum Gasteiger partial charge on any atom is -0.368 e. The van der Waals surface area contributed by atoms with E-state index in [9.17, 15) is 8.42 Å². The summed E-state index contributed by atoms with van der Waals surface area (Å²) in [5.41, 5.74) is -0.000720. The van der Waals surface area contributed by atoms with E-state index < -0.39 is 21.5 Å². The van der Waals surface area contributed by atoms with E-state index in [-0.39, 0.29) is 27.8 Å². The van der Waals surface area contributed by atoms with Crippen LogP contribution in [-0.4, -0.2) is 42.2 Å². The molecule has 18 heavy (non-hydrogen) atoms. The molecule has 0 spiro atoms. The van der Waals surface area contributed by atoms with E-state index in [0.29, 0.717) is 6.42 Å². The molecule has 6 unspecified atom stereocenters. The molecule has 0 aliphatic carbocycles. The van der Waals surface area contributed by atoms with Gasteiger partial charge in [0.2, 0.25) is 0 Å². The van der Waals surface area contributed by atoms with Crippen LogP contribution < -0.4 is 0 Å². The second-order valence-electron chi connectivity index (χ2n) is 6.25. The molecule has 0 amide bonds. The van der Waals surface area contributed by atoms with Gasteiger partial charge in [0.1, 0.15) is 27.7 Å². The predicted molar refractivity (Wildman–Crippen MR) is 73.0 cm³/mol. The van der Waals surface area contributed by atoms with Crippen LogP contribution in [0.2, 0.25) is 0 Å². The fraction of sp³-hybridized carbons (Fsp3) is 1.00. The third kappa shape index (κ3) is 1.93. The lowest BCUT2D eigenvalue weighted by Gasteiger charge is -2.31. The maximum atomic E-state index is 11.7. The molecule has 3 aliphatic rings. The van der Waals surface area contributed by atoms with E-state index >= 15 is 0 Å². The maximum absolute atomic E-state index is 11.7. The number of halogens is 1. The number of rotatable bonds is 2. The molecule has 3 rings (SSSR count). The minimum absolute atomic E-state index is 0.000720. The standard InChI is InChI=1S/C11H17IO5S/c1-11(2,3)10(12)16-7-5-4-6-8(15-5)9(7)17-18(6,13)14/h5-10H,4H2,1-3H3. The summed E-state index contributed by atoms with van der Waals surface area (Å²) in [7, 11) is -3.44. The number of hydrogen-bond acceptors (Lipinski definition) is 5. The Morgan fingerprint density at radius 3 is 2.61 bits per heavy atom. The number of hydrogen-bond donors (Lipinski definition) is 0. The molecule has 0 aromatic carbocycles. The summed E-state index contributed by atoms with van der Waals surface area (Å²) >= 11 is 2.25. The van der Waals surface area contributed by atoms with Gasteiger partial charge in [-0.05, 0) is 11.8 Å². The van der Waals surface area contributed by atoms with E-state index in [2.05, 4.69) is 43.4 Å². The van der Waals surface area contributed by atoms with Gasteiger partial charge in [0.05, 0.1) is 6.10 Å². The van der Waals surface area contributed by atoms with Crippen LogP contribution in [0, 0.1) is 5.41 Å². The summed E-state index contributed by atoms with van der Waals surface area (Å²) in [6.45, 7) is 6.27. The fourth-order valence-corrected chi connectivity index (χ4v) is 4.72. The molecule has 0 saturated carbocycles. The third-order valence-electron chi connectivity index (χ3n) is 3.75. The van der Waals surface area contributed by atoms with E-state index in [0.717, 1.165) is 0 Å². The fourth-order valence-electron chi connectivity index (χ4n) is 2.73. The van der Waals surface area contributed by atoms with Crippen molar-refractivity contribution in [3.05, 3.63) is 0 Å². The highest BCUT2D eigenvalue weighted by Gasteiger charge is 2.66. The minimum atomic E-state index is -3.44. The molecule has 104 valence electrons. The zero-order valence-corrected chi connectivity index (χ0v) is 13.5. The van der Waals surface area contributed by atoms with Gasteiger partial charge in [-0.25, -0.2) is 0 Å². The first kappa shape index (κ1) is 13.5. The summed E-state index contributed by atoms with van der Waals surface area (Å²) in [6.07, 6.45) is -0.666. The summed E-state index contributed by atoms with van der Waals surface area (Å²) in [4.78, 5) is 0. The second kappa shape index (κ2) is 4.03. The van der Waals surface area contributed by atoms with Crippen LogP contribution in [0.1, 0.15) is 27.2 Å². The monoisotopic (exact) mass is 388 g/mol. The zero-order chi connectivity index (χ0) is 13.3. The largest absolute Gasteiger partial charge is 0.368 e. The molecule has 3 fully saturated rings. The topological polar surface area (TPSA) is 61.8 Å². The molecule has 6 atom stereocenters. The molecule has 3 saturated heterocycles. The van der Waals surface area contributed by atoms with Crippen molar-refractivity contribution in [1.29, 1.82) is 0 Å². The average Bonchev–Trinajstić information content (AvgIpc) is 2.80. The van der Waals surface area contributed by atoms with Gasteiger partial charge >= 0.3 is 0 Å². The van der Waals surface area contributed by atoms with Gasteiger partial charge in [-0.15, -0.1) is 0 Å². The highest BCUT2D eigenvalue weighted by atomic mass is 127. The van der Waals surface area contributed by atoms with Gasteiger partial charge in [-0.2, -0.15) is 8.42 Å². The SMILES string of the molecule is CC(C)(C)C(I)OC1C2CC3C(O2)C1OS3(=O)=O. The van der Waals surface area contributed by atoms with Crippen molar-refractivity contribution in [3.63, 3.8) is 0 Å². The van der Waals surface area contributed by atoms with Gasteiger partial charge in [-0.1, -0.05) is 43.4 Å². The van der Waals surface area contributed by atoms with Crippen LogP contribution in [0.3, 0.4) is 0 Å². The second-order valence-corrected chi connectivity index (χ2v) is 9.16. The normalized spacial score (nSPS) is 46.6. The predicted octanol–water partition coefficient (Wildman–Crippen LogP) is 1.45. The zero-order valence-electron chi connectivity index (χ0n) is 10.5. The summed E-state index contributed by atoms with van der Waals surface area (Å²) < 4.78 is 40.4. The molecule has 5 nitrogen and oxygen atoms in total. The molecular weight excluding hydrogens is 371 g/mol. The van der Waals surface area contributed by atoms with E-state index in [1.807, 2.05) is 0 Å². The van der Waals surface area contributed by atoms with Gasteiger partial charge in [0, 0.05) is 0 Å². The highest BCUT2D eigenvalue weighted by molar-refractivity contribution is 14.1. The van der Waals surface area contributed by atoms with Crippen LogP contribution in [0.5, 0.6) is 0 Å². The highest BCUT2D eigenvalue weighted by Crippen LogP contribution is 2.49. The first-order chi connectivity index (χ1) is 8.20. The first-order valence-electron chi connectivity index (χ1n) is 6.07. The smallest absolute Gasteiger partial charge is 0.273 e. The molecule has 7 heteroatoms. The Morgan fingerprint density at radius 2 is 2.00 bits per heavy atom. The Morgan fingerprint density at radius 1 is 1.33 bits per heavy atom. The van der Waals surface area contributed by atoms with E-state index in [1.165, 1.54) is 0 Å². The molecular formula is C11H17IO5S. The third-order valence-corrected chi connectivity index (χ3v) is 7.61. The molecule has 3 heterocycles. The van der Waals surface area contributed by atoms with Gasteiger partial charge in [-0.3, -0.25) is 4.18 Å². The molecule has 0 aromatic rings. The number of fused-ring (bicyclic) bond motifs is 1. The average molecular weight is 388 g/mol. The molecule has 0 radical (unpaired) electrons. The van der Waals surface area contributed by atoms with E-state index in [1.54, 1.807) is 0 Å². The van der Waals surface area contributed by atoms with Gasteiger partial charge in [0.15, 0.2) is 0 Å². The number of ether oxygens (including phenoxy) is 2. The van der Waals surface area contributed by atoms with Crippen LogP contribution in [0.15, 0.2) is 0 Å². The van der Waals surface area contributed by atoms with Crippen molar-refractivity contribution in [1.82, 2.24) is 0 Å². The Bertz CT molecular complexity index is 457. The van der Waals surface area contributed by atoms with Gasteiger partial charge < -0.3 is 9.47 Å². The Hall–Kier alpha value is 0.560. The van der Waals surface area contributed by atoms with Crippen molar-refractivity contribution < 1.29 is 22.1 Å². The Balaban J connectivity index is 1.78. The molecule has 0 N–H and O–H groups in total. The molecule has 2 bridgehead atoms. The van der Waals surface area contributed by atoms with Crippen LogP contribution >= 0.6 is 22.6 Å². The lowest BCUT2D eigenvalue weighted by atomic mass is 9.93. The van der Waals surface area contributed by atoms with Gasteiger partial charge in [0.25, 0.3) is 10.1 Å². The Labute approximate surface area is 121 Å². The lowest BCUT2D eigenvalue weighted by Crippen LogP contribution is -2.43. The van der Waals surface area contributed by atoms with E-state index in [4.69, 9.17) is 13.7 Å². The van der Waals surface area contributed by atoms with Crippen molar-refractivity contribution in [3.8, 4) is 0 Å². The maximum Gasteiger partial charge on any atom is 0.273 e. The quantitative estimate of drug-likeness (QED) is 0.407. The molecule has 0 aromatic heterocycles. The number of alkyl halides is 1. The molecule has 3 aliphatic heterocycles. The van der Waals surface area contributed by atoms with Crippen LogP contribution in [0.25, 0.3) is 0 Å². The Kier molecular flexibility index (Phi) is 3.03. The summed E-state index contributed by atoms with van der Waals surface area (Å²) in [5.74, 6) is 0. The van der Waals surface area contributed by atoms with Crippen molar-refractivity contribution in [2.75, 3.05) is 0 Å². The summed E-state index contributed by atoms with van der Waals surface area (Å²) in [5, 5.41) is -0.477. The summed E-state index contributed by atoms with van der Waals surface area (Å²) in [6, 6.07) is 0. The van der Waals surface area contributed by atoms with Crippen molar-refractivity contribution in [2.45, 2.75) is 61.0 Å². The van der Waals surface area contributed by atoms with Crippen molar-refractivity contribution >= 4 is 32.7 Å².